The number of aryl methyl sites for hydroxylation is 6. The SMILES string of the molecule is Cc1ccc(-c2ccccc2)cc1.Cc1ccc(-c2ccncc2)cc1.Cc1ccccc1.Cc1ccncc1.Cc1cncnc1.Cc1ncncn1. The minimum Gasteiger partial charge on any atom is -0.265 e. The minimum atomic E-state index is 0.759. The Hall–Kier alpha value is -6.73. The summed E-state index contributed by atoms with van der Waals surface area (Å²) < 4.78 is 0. The van der Waals surface area contributed by atoms with Crippen molar-refractivity contribution in [1.82, 2.24) is 34.9 Å². The van der Waals surface area contributed by atoms with Gasteiger partial charge in [0.15, 0.2) is 0 Å². The third-order valence-electron chi connectivity index (χ3n) is 7.32. The second-order valence-corrected chi connectivity index (χ2v) is 12.1. The van der Waals surface area contributed by atoms with E-state index in [2.05, 4.69) is 141 Å². The maximum Gasteiger partial charge on any atom is 0.128 e. The van der Waals surface area contributed by atoms with Crippen molar-refractivity contribution >= 4 is 0 Å². The zero-order chi connectivity index (χ0) is 38.6. The van der Waals surface area contributed by atoms with Crippen molar-refractivity contribution in [2.75, 3.05) is 0 Å². The fourth-order valence-electron chi connectivity index (χ4n) is 4.30. The van der Waals surface area contributed by atoms with Crippen molar-refractivity contribution in [1.29, 1.82) is 0 Å². The van der Waals surface area contributed by atoms with Gasteiger partial charge >= 0.3 is 0 Å². The van der Waals surface area contributed by atoms with Crippen molar-refractivity contribution < 1.29 is 0 Å². The molecule has 7 nitrogen and oxygen atoms in total. The van der Waals surface area contributed by atoms with Crippen LogP contribution in [0, 0.1) is 41.5 Å². The molecule has 0 N–H and O–H groups in total. The topological polar surface area (TPSA) is 90.2 Å². The van der Waals surface area contributed by atoms with Crippen LogP contribution in [0.25, 0.3) is 22.3 Å². The van der Waals surface area contributed by atoms with Gasteiger partial charge in [-0.05, 0) is 99.2 Å². The van der Waals surface area contributed by atoms with E-state index in [1.165, 1.54) is 63.5 Å². The highest BCUT2D eigenvalue weighted by Crippen LogP contribution is 2.19. The van der Waals surface area contributed by atoms with Crippen molar-refractivity contribution in [3.63, 3.8) is 0 Å². The highest BCUT2D eigenvalue weighted by molar-refractivity contribution is 5.63. The van der Waals surface area contributed by atoms with E-state index in [0.29, 0.717) is 0 Å². The molecule has 54 heavy (non-hydrogen) atoms. The Labute approximate surface area is 321 Å². The number of benzene rings is 4. The third-order valence-corrected chi connectivity index (χ3v) is 7.32. The van der Waals surface area contributed by atoms with Crippen LogP contribution in [-0.4, -0.2) is 34.9 Å². The number of hydrogen-bond donors (Lipinski definition) is 0. The van der Waals surface area contributed by atoms with Gasteiger partial charge in [-0.1, -0.05) is 126 Å². The van der Waals surface area contributed by atoms with Crippen molar-refractivity contribution in [2.45, 2.75) is 41.5 Å². The molecule has 8 aromatic rings. The van der Waals surface area contributed by atoms with Gasteiger partial charge in [-0.25, -0.2) is 24.9 Å². The molecule has 0 unspecified atom stereocenters. The van der Waals surface area contributed by atoms with E-state index >= 15 is 0 Å². The van der Waals surface area contributed by atoms with Gasteiger partial charge in [-0.15, -0.1) is 0 Å². The second-order valence-electron chi connectivity index (χ2n) is 12.1. The maximum atomic E-state index is 3.99. The Morgan fingerprint density at radius 1 is 0.278 bits per heavy atom. The van der Waals surface area contributed by atoms with Crippen molar-refractivity contribution in [3.05, 3.63) is 223 Å². The van der Waals surface area contributed by atoms with E-state index < -0.39 is 0 Å². The molecular weight excluding hydrogens is 663 g/mol. The van der Waals surface area contributed by atoms with Gasteiger partial charge in [0.25, 0.3) is 0 Å². The molecule has 0 radical (unpaired) electrons. The molecule has 7 heteroatoms. The van der Waals surface area contributed by atoms with Crippen molar-refractivity contribution in [3.8, 4) is 22.3 Å². The Morgan fingerprint density at radius 2 is 0.648 bits per heavy atom. The van der Waals surface area contributed by atoms with Crippen LogP contribution in [0.5, 0.6) is 0 Å². The molecule has 272 valence electrons. The summed E-state index contributed by atoms with van der Waals surface area (Å²) in [6, 6.07) is 45.8. The number of rotatable bonds is 2. The summed E-state index contributed by atoms with van der Waals surface area (Å²) in [6.45, 7) is 12.1. The molecule has 0 aliphatic rings. The van der Waals surface area contributed by atoms with Crippen molar-refractivity contribution in [2.24, 2.45) is 0 Å². The standard InChI is InChI=1S/C13H12.C12H11N.C7H8.C6H7N.C5H6N2.C4H5N3/c1-11-7-9-13(10-8-11)12-5-3-2-4-6-12;1-10-2-4-11(5-3-10)12-6-8-13-9-7-12;1-7-5-3-2-4-6-7;1-6-2-4-7-5-3-6;1-5-2-6-4-7-3-5;1-4-6-2-5-3-7-4/h2-10H,1H3;2-9H,1H3;2-6H,1H3;2-5H,1H3;2-4H,1H3;2-3H,1H3. The van der Waals surface area contributed by atoms with E-state index in [1.54, 1.807) is 24.8 Å². The molecule has 4 aromatic carbocycles. The fourth-order valence-corrected chi connectivity index (χ4v) is 4.30. The molecule has 0 saturated heterocycles. The summed E-state index contributed by atoms with van der Waals surface area (Å²) in [5.41, 5.74) is 11.3. The predicted molar refractivity (Wildman–Crippen MR) is 223 cm³/mol. The van der Waals surface area contributed by atoms with Crippen LogP contribution in [0.4, 0.5) is 0 Å². The van der Waals surface area contributed by atoms with Crippen LogP contribution in [-0.2, 0) is 0 Å². The highest BCUT2D eigenvalue weighted by Gasteiger charge is 1.95. The van der Waals surface area contributed by atoms with Crippen LogP contribution in [0.1, 0.15) is 33.6 Å². The lowest BCUT2D eigenvalue weighted by Crippen LogP contribution is -1.84. The molecule has 0 spiro atoms. The summed E-state index contributed by atoms with van der Waals surface area (Å²) in [5.74, 6) is 0.759. The summed E-state index contributed by atoms with van der Waals surface area (Å²) in [7, 11) is 0. The summed E-state index contributed by atoms with van der Waals surface area (Å²) >= 11 is 0. The van der Waals surface area contributed by atoms with E-state index in [-0.39, 0.29) is 0 Å². The van der Waals surface area contributed by atoms with Gasteiger partial charge in [0.1, 0.15) is 24.8 Å². The molecule has 0 aliphatic heterocycles. The smallest absolute Gasteiger partial charge is 0.128 e. The number of hydrogen-bond acceptors (Lipinski definition) is 7. The van der Waals surface area contributed by atoms with Crippen LogP contribution < -0.4 is 0 Å². The lowest BCUT2D eigenvalue weighted by molar-refractivity contribution is 0.974. The first-order chi connectivity index (χ1) is 26.3. The normalized spacial score (nSPS) is 9.30. The second kappa shape index (κ2) is 25.3. The van der Waals surface area contributed by atoms with E-state index in [9.17, 15) is 0 Å². The molecule has 0 fully saturated rings. The first kappa shape index (κ1) is 41.7. The number of aromatic nitrogens is 7. The molecule has 0 aliphatic carbocycles. The van der Waals surface area contributed by atoms with Gasteiger partial charge < -0.3 is 0 Å². The molecule has 0 atom stereocenters. The largest absolute Gasteiger partial charge is 0.265 e. The fraction of sp³-hybridized carbons (Fsp3) is 0.128. The highest BCUT2D eigenvalue weighted by atomic mass is 15.0. The third kappa shape index (κ3) is 18.5. The first-order valence-corrected chi connectivity index (χ1v) is 17.6. The molecule has 0 amide bonds. The monoisotopic (exact) mass is 711 g/mol. The number of nitrogens with zero attached hydrogens (tertiary/aromatic N) is 7. The Bertz CT molecular complexity index is 1830. The molecule has 0 saturated carbocycles. The summed E-state index contributed by atoms with van der Waals surface area (Å²) in [5, 5.41) is 0. The van der Waals surface area contributed by atoms with Gasteiger partial charge in [0, 0.05) is 37.2 Å². The van der Waals surface area contributed by atoms with Crippen LogP contribution in [0.2, 0.25) is 0 Å². The Morgan fingerprint density at radius 3 is 0.981 bits per heavy atom. The zero-order valence-electron chi connectivity index (χ0n) is 32.0. The van der Waals surface area contributed by atoms with E-state index in [4.69, 9.17) is 0 Å². The summed E-state index contributed by atoms with van der Waals surface area (Å²) in [6.07, 6.45) is 15.2. The van der Waals surface area contributed by atoms with E-state index in [0.717, 1.165) is 11.4 Å². The molecule has 0 bridgehead atoms. The van der Waals surface area contributed by atoms with Gasteiger partial charge in [-0.2, -0.15) is 0 Å². The van der Waals surface area contributed by atoms with Crippen LogP contribution in [0.3, 0.4) is 0 Å². The van der Waals surface area contributed by atoms with Crippen LogP contribution >= 0.6 is 0 Å². The van der Waals surface area contributed by atoms with Crippen LogP contribution in [0.15, 0.2) is 190 Å². The minimum absolute atomic E-state index is 0.759. The quantitative estimate of drug-likeness (QED) is 0.176. The average Bonchev–Trinajstić information content (AvgIpc) is 3.22. The predicted octanol–water partition coefficient (Wildman–Crippen LogP) is 11.1. The molecular formula is C47H49N7. The molecule has 8 rings (SSSR count). The molecule has 4 aromatic heterocycles. The molecule has 4 heterocycles. The van der Waals surface area contributed by atoms with E-state index in [1.807, 2.05) is 81.7 Å². The Balaban J connectivity index is 0.000000179. The zero-order valence-corrected chi connectivity index (χ0v) is 32.0. The first-order valence-electron chi connectivity index (χ1n) is 17.6. The number of pyridine rings is 2. The maximum absolute atomic E-state index is 3.99. The summed E-state index contributed by atoms with van der Waals surface area (Å²) in [4.78, 5) is 26.5. The lowest BCUT2D eigenvalue weighted by atomic mass is 10.0. The average molecular weight is 712 g/mol. The Kier molecular flexibility index (Phi) is 19.5. The lowest BCUT2D eigenvalue weighted by Gasteiger charge is -2.00. The van der Waals surface area contributed by atoms with Gasteiger partial charge in [-0.3, -0.25) is 9.97 Å². The van der Waals surface area contributed by atoms with Gasteiger partial charge in [0.2, 0.25) is 0 Å². The van der Waals surface area contributed by atoms with Gasteiger partial charge in [0.05, 0.1) is 0 Å².